The first-order valence-electron chi connectivity index (χ1n) is 7.27. The van der Waals surface area contributed by atoms with E-state index in [0.717, 1.165) is 11.4 Å². The highest BCUT2D eigenvalue weighted by atomic mass is 16.2. The third-order valence-corrected chi connectivity index (χ3v) is 3.59. The van der Waals surface area contributed by atoms with Crippen molar-refractivity contribution in [1.82, 2.24) is 31.0 Å². The first-order valence-corrected chi connectivity index (χ1v) is 7.27. The Balaban J connectivity index is 1.59. The molecule has 1 fully saturated rings. The Morgan fingerprint density at radius 3 is 2.95 bits per heavy atom. The summed E-state index contributed by atoms with van der Waals surface area (Å²) >= 11 is 0. The Labute approximate surface area is 128 Å². The van der Waals surface area contributed by atoms with Crippen molar-refractivity contribution in [3.05, 3.63) is 35.9 Å². The van der Waals surface area contributed by atoms with Gasteiger partial charge in [-0.05, 0) is 18.1 Å². The number of hydrogen-bond donors (Lipinski definition) is 4. The summed E-state index contributed by atoms with van der Waals surface area (Å²) in [4.78, 5) is 20.6. The van der Waals surface area contributed by atoms with Crippen LogP contribution in [0.25, 0.3) is 0 Å². The van der Waals surface area contributed by atoms with Crippen molar-refractivity contribution < 1.29 is 4.79 Å². The SMILES string of the molecule is CC(C)c1nc(NC(=O)C2CC(c3cccnc3)NN2)n[nH]1. The molecule has 0 saturated carbocycles. The van der Waals surface area contributed by atoms with E-state index < -0.39 is 0 Å². The van der Waals surface area contributed by atoms with E-state index in [4.69, 9.17) is 0 Å². The Morgan fingerprint density at radius 2 is 2.27 bits per heavy atom. The molecule has 4 N–H and O–H groups in total. The normalized spacial score (nSPS) is 21.2. The summed E-state index contributed by atoms with van der Waals surface area (Å²) in [5, 5.41) is 9.54. The van der Waals surface area contributed by atoms with Crippen molar-refractivity contribution >= 4 is 11.9 Å². The fraction of sp³-hybridized carbons (Fsp3) is 0.429. The number of hydrogen-bond acceptors (Lipinski definition) is 6. The van der Waals surface area contributed by atoms with Gasteiger partial charge >= 0.3 is 0 Å². The molecule has 22 heavy (non-hydrogen) atoms. The lowest BCUT2D eigenvalue weighted by Crippen LogP contribution is -2.39. The van der Waals surface area contributed by atoms with Gasteiger partial charge in [0.1, 0.15) is 11.9 Å². The largest absolute Gasteiger partial charge is 0.292 e. The maximum atomic E-state index is 12.2. The van der Waals surface area contributed by atoms with E-state index in [1.807, 2.05) is 26.0 Å². The van der Waals surface area contributed by atoms with Crippen LogP contribution in [0.15, 0.2) is 24.5 Å². The molecule has 8 heteroatoms. The van der Waals surface area contributed by atoms with E-state index in [1.165, 1.54) is 0 Å². The minimum Gasteiger partial charge on any atom is -0.292 e. The highest BCUT2D eigenvalue weighted by Crippen LogP contribution is 2.21. The van der Waals surface area contributed by atoms with Crippen LogP contribution >= 0.6 is 0 Å². The molecule has 3 rings (SSSR count). The molecule has 0 radical (unpaired) electrons. The van der Waals surface area contributed by atoms with Gasteiger partial charge < -0.3 is 0 Å². The van der Waals surface area contributed by atoms with E-state index in [9.17, 15) is 4.79 Å². The fourth-order valence-electron chi connectivity index (χ4n) is 2.31. The van der Waals surface area contributed by atoms with Gasteiger partial charge in [-0.1, -0.05) is 19.9 Å². The van der Waals surface area contributed by atoms with Crippen LogP contribution in [0.4, 0.5) is 5.95 Å². The van der Waals surface area contributed by atoms with Crippen LogP contribution in [0.2, 0.25) is 0 Å². The summed E-state index contributed by atoms with van der Waals surface area (Å²) in [6.45, 7) is 4.01. The highest BCUT2D eigenvalue weighted by molar-refractivity contribution is 5.93. The smallest absolute Gasteiger partial charge is 0.248 e. The second-order valence-electron chi connectivity index (χ2n) is 5.60. The maximum absolute atomic E-state index is 12.2. The Morgan fingerprint density at radius 1 is 1.41 bits per heavy atom. The Hall–Kier alpha value is -2.32. The van der Waals surface area contributed by atoms with Crippen molar-refractivity contribution in [2.24, 2.45) is 0 Å². The van der Waals surface area contributed by atoms with Gasteiger partial charge in [-0.15, -0.1) is 5.10 Å². The molecule has 2 unspecified atom stereocenters. The third kappa shape index (κ3) is 3.12. The lowest BCUT2D eigenvalue weighted by Gasteiger charge is -2.08. The molecular weight excluding hydrogens is 282 g/mol. The van der Waals surface area contributed by atoms with Crippen molar-refractivity contribution in [2.75, 3.05) is 5.32 Å². The summed E-state index contributed by atoms with van der Waals surface area (Å²) in [6.07, 6.45) is 4.16. The van der Waals surface area contributed by atoms with Crippen LogP contribution in [-0.2, 0) is 4.79 Å². The minimum atomic E-state index is -0.341. The molecule has 2 atom stereocenters. The predicted octanol–water partition coefficient (Wildman–Crippen LogP) is 0.869. The van der Waals surface area contributed by atoms with Crippen LogP contribution in [0.5, 0.6) is 0 Å². The molecule has 3 heterocycles. The Kier molecular flexibility index (Phi) is 4.12. The molecule has 1 aliphatic rings. The van der Waals surface area contributed by atoms with E-state index in [-0.39, 0.29) is 23.9 Å². The van der Waals surface area contributed by atoms with Crippen molar-refractivity contribution in [3.8, 4) is 0 Å². The molecule has 0 aromatic carbocycles. The number of nitrogens with one attached hydrogen (secondary N) is 4. The topological polar surface area (TPSA) is 108 Å². The summed E-state index contributed by atoms with van der Waals surface area (Å²) in [5.41, 5.74) is 7.16. The number of rotatable bonds is 4. The summed E-state index contributed by atoms with van der Waals surface area (Å²) < 4.78 is 0. The van der Waals surface area contributed by atoms with E-state index >= 15 is 0 Å². The summed E-state index contributed by atoms with van der Waals surface area (Å²) in [6, 6.07) is 3.58. The number of H-pyrrole nitrogens is 1. The predicted molar refractivity (Wildman–Crippen MR) is 80.8 cm³/mol. The van der Waals surface area contributed by atoms with Gasteiger partial charge in [-0.2, -0.15) is 4.98 Å². The zero-order valence-electron chi connectivity index (χ0n) is 12.5. The lowest BCUT2D eigenvalue weighted by atomic mass is 10.0. The first kappa shape index (κ1) is 14.6. The number of carbonyl (C=O) groups excluding carboxylic acids is 1. The number of carbonyl (C=O) groups is 1. The highest BCUT2D eigenvalue weighted by Gasteiger charge is 2.30. The number of nitrogens with zero attached hydrogens (tertiary/aromatic N) is 3. The molecule has 1 aliphatic heterocycles. The van der Waals surface area contributed by atoms with Gasteiger partial charge in [-0.3, -0.25) is 20.2 Å². The molecule has 116 valence electrons. The second kappa shape index (κ2) is 6.20. The zero-order chi connectivity index (χ0) is 15.5. The number of pyridine rings is 1. The number of amides is 1. The molecule has 0 spiro atoms. The summed E-state index contributed by atoms with van der Waals surface area (Å²) in [5.74, 6) is 1.13. The van der Waals surface area contributed by atoms with Gasteiger partial charge in [0.15, 0.2) is 0 Å². The van der Waals surface area contributed by atoms with E-state index in [0.29, 0.717) is 12.4 Å². The van der Waals surface area contributed by atoms with Gasteiger partial charge in [0, 0.05) is 24.4 Å². The van der Waals surface area contributed by atoms with Crippen molar-refractivity contribution in [3.63, 3.8) is 0 Å². The molecule has 2 aromatic heterocycles. The van der Waals surface area contributed by atoms with Crippen LogP contribution in [0.3, 0.4) is 0 Å². The standard InChI is InChI=1S/C14H19N7O/c1-8(2)12-16-14(21-20-12)17-13(22)11-6-10(18-19-11)9-4-3-5-15-7-9/h3-5,7-8,10-11,18-19H,6H2,1-2H3,(H2,16,17,20,21,22). The molecule has 0 aliphatic carbocycles. The fourth-order valence-corrected chi connectivity index (χ4v) is 2.31. The van der Waals surface area contributed by atoms with Crippen LogP contribution in [0, 0.1) is 0 Å². The van der Waals surface area contributed by atoms with Crippen LogP contribution in [0.1, 0.15) is 43.6 Å². The van der Waals surface area contributed by atoms with Gasteiger partial charge in [0.25, 0.3) is 0 Å². The van der Waals surface area contributed by atoms with Crippen LogP contribution < -0.4 is 16.2 Å². The third-order valence-electron chi connectivity index (χ3n) is 3.59. The maximum Gasteiger partial charge on any atom is 0.248 e. The average Bonchev–Trinajstić information content (AvgIpc) is 3.17. The molecule has 8 nitrogen and oxygen atoms in total. The molecular formula is C14H19N7O. The number of anilines is 1. The number of hydrazine groups is 1. The Bertz CT molecular complexity index is 640. The molecule has 1 amide bonds. The molecule has 1 saturated heterocycles. The second-order valence-corrected chi connectivity index (χ2v) is 5.60. The number of aromatic amines is 1. The van der Waals surface area contributed by atoms with Crippen LogP contribution in [-0.4, -0.2) is 32.1 Å². The molecule has 0 bridgehead atoms. The molecule has 2 aromatic rings. The van der Waals surface area contributed by atoms with Gasteiger partial charge in [0.2, 0.25) is 11.9 Å². The summed E-state index contributed by atoms with van der Waals surface area (Å²) in [7, 11) is 0. The van der Waals surface area contributed by atoms with Gasteiger partial charge in [0.05, 0.1) is 0 Å². The van der Waals surface area contributed by atoms with Crippen molar-refractivity contribution in [1.29, 1.82) is 0 Å². The minimum absolute atomic E-state index is 0.0582. The van der Waals surface area contributed by atoms with Crippen molar-refractivity contribution in [2.45, 2.75) is 38.3 Å². The average molecular weight is 301 g/mol. The quantitative estimate of drug-likeness (QED) is 0.667. The zero-order valence-corrected chi connectivity index (χ0v) is 12.5. The lowest BCUT2D eigenvalue weighted by molar-refractivity contribution is -0.117. The number of aromatic nitrogens is 4. The first-order chi connectivity index (χ1) is 10.6. The van der Waals surface area contributed by atoms with E-state index in [2.05, 4.69) is 36.3 Å². The van der Waals surface area contributed by atoms with Gasteiger partial charge in [-0.25, -0.2) is 10.9 Å². The monoisotopic (exact) mass is 301 g/mol. The van der Waals surface area contributed by atoms with E-state index in [1.54, 1.807) is 12.4 Å².